The van der Waals surface area contributed by atoms with E-state index in [1.165, 1.54) is 10.6 Å². The van der Waals surface area contributed by atoms with Crippen molar-refractivity contribution in [3.63, 3.8) is 0 Å². The van der Waals surface area contributed by atoms with Crippen LogP contribution in [0.25, 0.3) is 0 Å². The lowest BCUT2D eigenvalue weighted by atomic mass is 9.90. The summed E-state index contributed by atoms with van der Waals surface area (Å²) in [6.07, 6.45) is 2.02. The third-order valence-electron chi connectivity index (χ3n) is 3.66. The molecule has 1 heterocycles. The Morgan fingerprint density at radius 2 is 1.67 bits per heavy atom. The summed E-state index contributed by atoms with van der Waals surface area (Å²) in [5.41, 5.74) is 0.841. The second-order valence-electron chi connectivity index (χ2n) is 5.26. The first kappa shape index (κ1) is 10.7. The van der Waals surface area contributed by atoms with Crippen LogP contribution in [0.1, 0.15) is 39.2 Å². The van der Waals surface area contributed by atoms with Crippen LogP contribution in [0.3, 0.4) is 0 Å². The summed E-state index contributed by atoms with van der Waals surface area (Å²) in [7, 11) is 0. The van der Waals surface area contributed by atoms with Crippen molar-refractivity contribution in [2.75, 3.05) is 0 Å². The van der Waals surface area contributed by atoms with Gasteiger partial charge < -0.3 is 5.21 Å². The molecule has 0 bridgehead atoms. The first-order chi connectivity index (χ1) is 6.97. The standard InChI is InChI=1S/C13H19NO/c1-12(2)9-10-13(3,14(12)15)11-7-5-4-6-8-11/h4-8,15H,9-10H2,1-3H3. The fourth-order valence-corrected chi connectivity index (χ4v) is 2.49. The van der Waals surface area contributed by atoms with Crippen LogP contribution >= 0.6 is 0 Å². The molecule has 1 atom stereocenters. The second kappa shape index (κ2) is 3.32. The fraction of sp³-hybridized carbons (Fsp3) is 0.538. The molecular formula is C13H19NO. The fourth-order valence-electron chi connectivity index (χ4n) is 2.49. The van der Waals surface area contributed by atoms with Gasteiger partial charge in [0.1, 0.15) is 0 Å². The van der Waals surface area contributed by atoms with Crippen molar-refractivity contribution in [1.82, 2.24) is 5.06 Å². The number of hydrogen-bond donors (Lipinski definition) is 1. The van der Waals surface area contributed by atoms with Crippen LogP contribution in [-0.4, -0.2) is 15.8 Å². The van der Waals surface area contributed by atoms with E-state index in [4.69, 9.17) is 0 Å². The summed E-state index contributed by atoms with van der Waals surface area (Å²) in [6, 6.07) is 10.2. The van der Waals surface area contributed by atoms with Gasteiger partial charge in [0.15, 0.2) is 0 Å². The van der Waals surface area contributed by atoms with Gasteiger partial charge in [0.25, 0.3) is 0 Å². The molecule has 1 aromatic carbocycles. The maximum atomic E-state index is 10.3. The van der Waals surface area contributed by atoms with Gasteiger partial charge in [0.2, 0.25) is 0 Å². The van der Waals surface area contributed by atoms with Crippen molar-refractivity contribution in [3.05, 3.63) is 35.9 Å². The van der Waals surface area contributed by atoms with E-state index >= 15 is 0 Å². The van der Waals surface area contributed by atoms with E-state index in [1.54, 1.807) is 0 Å². The van der Waals surface area contributed by atoms with Gasteiger partial charge in [-0.2, -0.15) is 5.06 Å². The summed E-state index contributed by atoms with van der Waals surface area (Å²) in [6.45, 7) is 6.28. The minimum Gasteiger partial charge on any atom is -0.313 e. The quantitative estimate of drug-likeness (QED) is 0.761. The number of rotatable bonds is 1. The molecule has 2 rings (SSSR count). The first-order valence-electron chi connectivity index (χ1n) is 5.52. The Kier molecular flexibility index (Phi) is 2.36. The molecule has 15 heavy (non-hydrogen) atoms. The Labute approximate surface area is 91.5 Å². The highest BCUT2D eigenvalue weighted by Gasteiger charge is 2.47. The molecule has 0 amide bonds. The van der Waals surface area contributed by atoms with Crippen LogP contribution in [0.2, 0.25) is 0 Å². The van der Waals surface area contributed by atoms with Crippen LogP contribution in [0.5, 0.6) is 0 Å². The Balaban J connectivity index is 2.38. The predicted octanol–water partition coefficient (Wildman–Crippen LogP) is 3.17. The monoisotopic (exact) mass is 205 g/mol. The van der Waals surface area contributed by atoms with Gasteiger partial charge in [-0.3, -0.25) is 0 Å². The molecule has 1 fully saturated rings. The van der Waals surface area contributed by atoms with Gasteiger partial charge in [-0.25, -0.2) is 0 Å². The molecule has 2 nitrogen and oxygen atoms in total. The van der Waals surface area contributed by atoms with Crippen molar-refractivity contribution >= 4 is 0 Å². The topological polar surface area (TPSA) is 23.5 Å². The molecule has 1 N–H and O–H groups in total. The average molecular weight is 205 g/mol. The van der Waals surface area contributed by atoms with E-state index in [9.17, 15) is 5.21 Å². The average Bonchev–Trinajstić information content (AvgIpc) is 2.45. The third kappa shape index (κ3) is 1.58. The number of benzene rings is 1. The second-order valence-corrected chi connectivity index (χ2v) is 5.26. The molecule has 0 saturated carbocycles. The molecule has 1 aliphatic heterocycles. The van der Waals surface area contributed by atoms with Crippen LogP contribution in [-0.2, 0) is 5.54 Å². The maximum Gasteiger partial charge on any atom is 0.0687 e. The highest BCUT2D eigenvalue weighted by molar-refractivity contribution is 5.25. The molecule has 1 aliphatic rings. The van der Waals surface area contributed by atoms with Gasteiger partial charge >= 0.3 is 0 Å². The molecule has 1 unspecified atom stereocenters. The van der Waals surface area contributed by atoms with Crippen molar-refractivity contribution in [2.24, 2.45) is 0 Å². The maximum absolute atomic E-state index is 10.3. The van der Waals surface area contributed by atoms with Gasteiger partial charge in [-0.05, 0) is 39.2 Å². The van der Waals surface area contributed by atoms with Crippen LogP contribution in [0.15, 0.2) is 30.3 Å². The van der Waals surface area contributed by atoms with E-state index in [-0.39, 0.29) is 11.1 Å². The predicted molar refractivity (Wildman–Crippen MR) is 60.7 cm³/mol. The molecule has 1 saturated heterocycles. The van der Waals surface area contributed by atoms with E-state index < -0.39 is 0 Å². The molecule has 2 heteroatoms. The molecular weight excluding hydrogens is 186 g/mol. The third-order valence-corrected chi connectivity index (χ3v) is 3.66. The zero-order valence-electron chi connectivity index (χ0n) is 9.70. The Morgan fingerprint density at radius 3 is 2.13 bits per heavy atom. The minimum absolute atomic E-state index is 0.120. The van der Waals surface area contributed by atoms with Crippen LogP contribution in [0, 0.1) is 0 Å². The lowest BCUT2D eigenvalue weighted by Crippen LogP contribution is -2.45. The summed E-state index contributed by atoms with van der Waals surface area (Å²) >= 11 is 0. The molecule has 0 radical (unpaired) electrons. The largest absolute Gasteiger partial charge is 0.313 e. The molecule has 0 aromatic heterocycles. The Morgan fingerprint density at radius 1 is 1.07 bits per heavy atom. The summed E-state index contributed by atoms with van der Waals surface area (Å²) < 4.78 is 0. The highest BCUT2D eigenvalue weighted by Crippen LogP contribution is 2.45. The van der Waals surface area contributed by atoms with E-state index in [0.29, 0.717) is 0 Å². The zero-order chi connectivity index (χ0) is 11.1. The number of hydrogen-bond acceptors (Lipinski definition) is 2. The summed E-state index contributed by atoms with van der Waals surface area (Å²) in [5, 5.41) is 11.8. The Bertz CT molecular complexity index is 347. The Hall–Kier alpha value is -0.860. The van der Waals surface area contributed by atoms with E-state index in [1.807, 2.05) is 18.2 Å². The minimum atomic E-state index is -0.231. The van der Waals surface area contributed by atoms with Crippen molar-refractivity contribution in [2.45, 2.75) is 44.7 Å². The number of hydroxylamine groups is 2. The van der Waals surface area contributed by atoms with Crippen molar-refractivity contribution < 1.29 is 5.21 Å². The number of nitrogens with zero attached hydrogens (tertiary/aromatic N) is 1. The van der Waals surface area contributed by atoms with Crippen LogP contribution in [0.4, 0.5) is 0 Å². The summed E-state index contributed by atoms with van der Waals surface area (Å²) in [5.74, 6) is 0. The van der Waals surface area contributed by atoms with Crippen molar-refractivity contribution in [3.8, 4) is 0 Å². The SMILES string of the molecule is CC1(C)CCC(C)(c2ccccc2)N1O. The molecule has 0 spiro atoms. The summed E-state index contributed by atoms with van der Waals surface area (Å²) in [4.78, 5) is 0. The van der Waals surface area contributed by atoms with Crippen LogP contribution < -0.4 is 0 Å². The first-order valence-corrected chi connectivity index (χ1v) is 5.52. The zero-order valence-corrected chi connectivity index (χ0v) is 9.70. The lowest BCUT2D eigenvalue weighted by Gasteiger charge is -2.37. The molecule has 0 aliphatic carbocycles. The molecule has 1 aromatic rings. The van der Waals surface area contributed by atoms with Gasteiger partial charge in [-0.1, -0.05) is 30.3 Å². The van der Waals surface area contributed by atoms with E-state index in [2.05, 4.69) is 32.9 Å². The van der Waals surface area contributed by atoms with Gasteiger partial charge in [0, 0.05) is 5.54 Å². The smallest absolute Gasteiger partial charge is 0.0687 e. The van der Waals surface area contributed by atoms with E-state index in [0.717, 1.165) is 12.8 Å². The van der Waals surface area contributed by atoms with Crippen molar-refractivity contribution in [1.29, 1.82) is 0 Å². The lowest BCUT2D eigenvalue weighted by molar-refractivity contribution is -0.200. The van der Waals surface area contributed by atoms with Gasteiger partial charge in [-0.15, -0.1) is 0 Å². The molecule has 82 valence electrons. The normalized spacial score (nSPS) is 30.7. The van der Waals surface area contributed by atoms with Gasteiger partial charge in [0.05, 0.1) is 5.54 Å². The highest BCUT2D eigenvalue weighted by atomic mass is 16.5.